The van der Waals surface area contributed by atoms with Gasteiger partial charge in [-0.25, -0.2) is 0 Å². The normalized spacial score (nSPS) is 28.3. The predicted molar refractivity (Wildman–Crippen MR) is 106 cm³/mol. The van der Waals surface area contributed by atoms with Gasteiger partial charge in [0.25, 0.3) is 0 Å². The molecular formula is C20H29N3OS. The van der Waals surface area contributed by atoms with Crippen LogP contribution >= 0.6 is 12.2 Å². The van der Waals surface area contributed by atoms with E-state index in [1.165, 1.54) is 31.4 Å². The van der Waals surface area contributed by atoms with E-state index in [4.69, 9.17) is 17.0 Å². The highest BCUT2D eigenvalue weighted by Gasteiger charge is 2.40. The van der Waals surface area contributed by atoms with Crippen LogP contribution < -0.4 is 15.0 Å². The molecule has 1 aliphatic heterocycles. The van der Waals surface area contributed by atoms with Gasteiger partial charge < -0.3 is 19.9 Å². The number of anilines is 1. The Labute approximate surface area is 156 Å². The summed E-state index contributed by atoms with van der Waals surface area (Å²) >= 11 is 5.72. The molecule has 1 heterocycles. The molecule has 3 aliphatic rings. The monoisotopic (exact) mass is 359 g/mol. The average Bonchev–Trinajstić information content (AvgIpc) is 3.26. The van der Waals surface area contributed by atoms with Crippen LogP contribution in [0.1, 0.15) is 32.6 Å². The number of benzene rings is 1. The summed E-state index contributed by atoms with van der Waals surface area (Å²) in [6.07, 6.45) is 5.58. The summed E-state index contributed by atoms with van der Waals surface area (Å²) < 4.78 is 5.79. The number of thiocarbonyl (C=S) groups is 1. The summed E-state index contributed by atoms with van der Waals surface area (Å²) in [5.41, 5.74) is 1.20. The van der Waals surface area contributed by atoms with Gasteiger partial charge in [-0.1, -0.05) is 18.6 Å². The lowest BCUT2D eigenvalue weighted by Gasteiger charge is -2.39. The predicted octanol–water partition coefficient (Wildman–Crippen LogP) is 3.27. The van der Waals surface area contributed by atoms with Gasteiger partial charge in [0.05, 0.1) is 12.3 Å². The Kier molecular flexibility index (Phi) is 5.02. The molecule has 3 atom stereocenters. The molecule has 0 amide bonds. The lowest BCUT2D eigenvalue weighted by Crippen LogP contribution is -2.54. The van der Waals surface area contributed by atoms with Crippen molar-refractivity contribution in [3.8, 4) is 5.75 Å². The van der Waals surface area contributed by atoms with Gasteiger partial charge in [-0.2, -0.15) is 0 Å². The highest BCUT2D eigenvalue weighted by Crippen LogP contribution is 2.44. The number of nitrogens with zero attached hydrogens (tertiary/aromatic N) is 2. The first-order valence-electron chi connectivity index (χ1n) is 9.77. The van der Waals surface area contributed by atoms with Gasteiger partial charge in [0, 0.05) is 32.2 Å². The highest BCUT2D eigenvalue weighted by molar-refractivity contribution is 7.80. The van der Waals surface area contributed by atoms with Crippen LogP contribution in [0, 0.1) is 11.8 Å². The summed E-state index contributed by atoms with van der Waals surface area (Å²) in [6, 6.07) is 8.98. The van der Waals surface area contributed by atoms with E-state index >= 15 is 0 Å². The van der Waals surface area contributed by atoms with Gasteiger partial charge in [-0.15, -0.1) is 0 Å². The quantitative estimate of drug-likeness (QED) is 0.833. The van der Waals surface area contributed by atoms with Crippen LogP contribution in [0.25, 0.3) is 0 Å². The topological polar surface area (TPSA) is 27.7 Å². The second kappa shape index (κ2) is 7.40. The third-order valence-electron chi connectivity index (χ3n) is 6.12. The third-order valence-corrected chi connectivity index (χ3v) is 6.50. The number of nitrogens with one attached hydrogen (secondary N) is 1. The maximum Gasteiger partial charge on any atom is 0.169 e. The Morgan fingerprint density at radius 1 is 1.16 bits per heavy atom. The van der Waals surface area contributed by atoms with Crippen LogP contribution in [-0.4, -0.2) is 48.8 Å². The Hall–Kier alpha value is -1.49. The van der Waals surface area contributed by atoms with E-state index in [0.29, 0.717) is 12.6 Å². The Morgan fingerprint density at radius 3 is 2.64 bits per heavy atom. The van der Waals surface area contributed by atoms with Crippen molar-refractivity contribution >= 4 is 23.0 Å². The van der Waals surface area contributed by atoms with Crippen LogP contribution in [0.4, 0.5) is 5.69 Å². The van der Waals surface area contributed by atoms with E-state index in [0.717, 1.165) is 48.9 Å². The van der Waals surface area contributed by atoms with Crippen LogP contribution in [0.2, 0.25) is 0 Å². The maximum absolute atomic E-state index is 5.79. The molecule has 5 heteroatoms. The second-order valence-corrected chi connectivity index (χ2v) is 7.99. The zero-order valence-electron chi connectivity index (χ0n) is 15.1. The van der Waals surface area contributed by atoms with Gasteiger partial charge >= 0.3 is 0 Å². The van der Waals surface area contributed by atoms with E-state index in [1.807, 2.05) is 13.0 Å². The minimum Gasteiger partial charge on any atom is -0.492 e. The highest BCUT2D eigenvalue weighted by atomic mass is 32.1. The average molecular weight is 360 g/mol. The number of para-hydroxylation sites is 2. The molecule has 2 aliphatic carbocycles. The molecule has 1 N–H and O–H groups in total. The van der Waals surface area contributed by atoms with Crippen LogP contribution in [0.5, 0.6) is 5.75 Å². The van der Waals surface area contributed by atoms with Crippen molar-refractivity contribution in [2.24, 2.45) is 11.8 Å². The van der Waals surface area contributed by atoms with Crippen molar-refractivity contribution in [3.63, 3.8) is 0 Å². The molecule has 25 heavy (non-hydrogen) atoms. The molecule has 136 valence electrons. The van der Waals surface area contributed by atoms with Gasteiger partial charge in [0.2, 0.25) is 0 Å². The zero-order valence-corrected chi connectivity index (χ0v) is 15.9. The van der Waals surface area contributed by atoms with E-state index < -0.39 is 0 Å². The molecule has 4 nitrogen and oxygen atoms in total. The van der Waals surface area contributed by atoms with Crippen molar-refractivity contribution in [2.75, 3.05) is 37.7 Å². The molecule has 3 fully saturated rings. The van der Waals surface area contributed by atoms with Gasteiger partial charge in [0.15, 0.2) is 5.11 Å². The van der Waals surface area contributed by atoms with Crippen LogP contribution in [0.15, 0.2) is 24.3 Å². The number of hydrogen-bond donors (Lipinski definition) is 1. The van der Waals surface area contributed by atoms with E-state index in [-0.39, 0.29) is 0 Å². The standard InChI is InChI=1S/C20H29N3OS/c1-2-24-19-6-4-3-5-18(19)22-9-11-23(12-10-22)20(25)21-17-14-15-7-8-16(17)13-15/h3-6,15-17H,2,7-14H2,1H3,(H,21,25)/t15-,16-,17+/m1/s1. The summed E-state index contributed by atoms with van der Waals surface area (Å²) in [5.74, 6) is 2.81. The molecule has 2 bridgehead atoms. The van der Waals surface area contributed by atoms with Gasteiger partial charge in [-0.05, 0) is 62.4 Å². The van der Waals surface area contributed by atoms with Gasteiger partial charge in [0.1, 0.15) is 5.75 Å². The van der Waals surface area contributed by atoms with Crippen molar-refractivity contribution < 1.29 is 4.74 Å². The third kappa shape index (κ3) is 3.57. The Bertz CT molecular complexity index is 615. The summed E-state index contributed by atoms with van der Waals surface area (Å²) in [7, 11) is 0. The first kappa shape index (κ1) is 17.0. The van der Waals surface area contributed by atoms with Crippen molar-refractivity contribution in [3.05, 3.63) is 24.3 Å². The van der Waals surface area contributed by atoms with E-state index in [1.54, 1.807) is 0 Å². The van der Waals surface area contributed by atoms with Crippen molar-refractivity contribution in [2.45, 2.75) is 38.6 Å². The minimum absolute atomic E-state index is 0.628. The molecular weight excluding hydrogens is 330 g/mol. The Balaban J connectivity index is 1.31. The lowest BCUT2D eigenvalue weighted by atomic mass is 9.95. The number of fused-ring (bicyclic) bond motifs is 2. The SMILES string of the molecule is CCOc1ccccc1N1CCN(C(=S)N[C@H]2C[C@@H]3CC[C@@H]2C3)CC1. The minimum atomic E-state index is 0.628. The zero-order chi connectivity index (χ0) is 17.2. The van der Waals surface area contributed by atoms with Gasteiger partial charge in [-0.3, -0.25) is 0 Å². The molecule has 0 aromatic heterocycles. The first-order valence-corrected chi connectivity index (χ1v) is 10.2. The molecule has 0 spiro atoms. The number of hydrogen-bond acceptors (Lipinski definition) is 3. The number of ether oxygens (including phenoxy) is 1. The van der Waals surface area contributed by atoms with E-state index in [9.17, 15) is 0 Å². The molecule has 0 radical (unpaired) electrons. The molecule has 1 aromatic rings. The molecule has 1 aromatic carbocycles. The summed E-state index contributed by atoms with van der Waals surface area (Å²) in [5, 5.41) is 4.65. The van der Waals surface area contributed by atoms with Crippen molar-refractivity contribution in [1.29, 1.82) is 0 Å². The van der Waals surface area contributed by atoms with E-state index in [2.05, 4.69) is 33.3 Å². The maximum atomic E-state index is 5.79. The summed E-state index contributed by atoms with van der Waals surface area (Å²) in [4.78, 5) is 4.77. The fourth-order valence-electron chi connectivity index (χ4n) is 4.82. The molecule has 4 rings (SSSR count). The second-order valence-electron chi connectivity index (χ2n) is 7.61. The fourth-order valence-corrected chi connectivity index (χ4v) is 5.15. The smallest absolute Gasteiger partial charge is 0.169 e. The number of rotatable bonds is 4. The fraction of sp³-hybridized carbons (Fsp3) is 0.650. The largest absolute Gasteiger partial charge is 0.492 e. The first-order chi connectivity index (χ1) is 12.2. The molecule has 2 saturated carbocycles. The molecule has 1 saturated heterocycles. The summed E-state index contributed by atoms with van der Waals surface area (Å²) in [6.45, 7) is 6.68. The molecule has 0 unspecified atom stereocenters. The lowest BCUT2D eigenvalue weighted by molar-refractivity contribution is 0.331. The van der Waals surface area contributed by atoms with Crippen molar-refractivity contribution in [1.82, 2.24) is 10.2 Å². The van der Waals surface area contributed by atoms with Crippen LogP contribution in [-0.2, 0) is 0 Å². The van der Waals surface area contributed by atoms with Crippen LogP contribution in [0.3, 0.4) is 0 Å². The Morgan fingerprint density at radius 2 is 1.96 bits per heavy atom. The number of piperazine rings is 1.